The summed E-state index contributed by atoms with van der Waals surface area (Å²) in [6, 6.07) is 9.22. The van der Waals surface area contributed by atoms with Crippen molar-refractivity contribution in [1.29, 1.82) is 0 Å². The van der Waals surface area contributed by atoms with Gasteiger partial charge in [0.15, 0.2) is 0 Å². The Hall–Kier alpha value is -2.07. The molecule has 3 rings (SSSR count). The molecule has 1 atom stereocenters. The van der Waals surface area contributed by atoms with E-state index in [-0.39, 0.29) is 5.91 Å². The number of halogens is 1. The molecule has 1 N–H and O–H groups in total. The number of benzene rings is 1. The highest BCUT2D eigenvalue weighted by Gasteiger charge is 2.17. The first-order chi connectivity index (χ1) is 11.5. The summed E-state index contributed by atoms with van der Waals surface area (Å²) in [5.74, 6) is 0.474. The maximum atomic E-state index is 12.3. The van der Waals surface area contributed by atoms with Crippen LogP contribution in [-0.2, 0) is 0 Å². The zero-order chi connectivity index (χ0) is 17.1. The van der Waals surface area contributed by atoms with Crippen LogP contribution in [0.5, 0.6) is 0 Å². The third kappa shape index (κ3) is 3.88. The van der Waals surface area contributed by atoms with E-state index in [0.717, 1.165) is 24.3 Å². The standard InChI is InChI=1S/C19H22ClN3O/c1-13-4-3-9-23(12-13)16-7-8-18(21-11-16)19(24)22-15-6-5-14(2)17(20)10-15/h5-8,10-11,13H,3-4,9,12H2,1-2H3,(H,22,24). The van der Waals surface area contributed by atoms with Gasteiger partial charge in [-0.1, -0.05) is 24.6 Å². The first-order valence-electron chi connectivity index (χ1n) is 8.31. The maximum Gasteiger partial charge on any atom is 0.274 e. The Balaban J connectivity index is 1.68. The van der Waals surface area contributed by atoms with Gasteiger partial charge in [-0.2, -0.15) is 0 Å². The number of piperidine rings is 1. The van der Waals surface area contributed by atoms with E-state index in [1.807, 2.05) is 25.1 Å². The highest BCUT2D eigenvalue weighted by Crippen LogP contribution is 2.23. The number of hydrogen-bond donors (Lipinski definition) is 1. The molecular formula is C19H22ClN3O. The van der Waals surface area contributed by atoms with Gasteiger partial charge in [0.2, 0.25) is 0 Å². The van der Waals surface area contributed by atoms with E-state index in [1.54, 1.807) is 18.3 Å². The zero-order valence-electron chi connectivity index (χ0n) is 14.1. The Labute approximate surface area is 147 Å². The van der Waals surface area contributed by atoms with Gasteiger partial charge in [-0.05, 0) is 55.5 Å². The number of carbonyl (C=O) groups excluding carboxylic acids is 1. The molecule has 2 aromatic rings. The first kappa shape index (κ1) is 16.8. The molecule has 0 bridgehead atoms. The molecule has 1 aliphatic rings. The maximum absolute atomic E-state index is 12.3. The molecular weight excluding hydrogens is 322 g/mol. The van der Waals surface area contributed by atoms with Gasteiger partial charge in [0.05, 0.1) is 11.9 Å². The van der Waals surface area contributed by atoms with Crippen molar-refractivity contribution in [3.63, 3.8) is 0 Å². The summed E-state index contributed by atoms with van der Waals surface area (Å²) < 4.78 is 0. The fourth-order valence-electron chi connectivity index (χ4n) is 3.00. The van der Waals surface area contributed by atoms with E-state index < -0.39 is 0 Å². The second-order valence-electron chi connectivity index (χ2n) is 6.51. The molecule has 1 fully saturated rings. The summed E-state index contributed by atoms with van der Waals surface area (Å²) in [4.78, 5) is 19.0. The van der Waals surface area contributed by atoms with Crippen LogP contribution in [0.4, 0.5) is 11.4 Å². The van der Waals surface area contributed by atoms with Gasteiger partial charge < -0.3 is 10.2 Å². The number of aryl methyl sites for hydroxylation is 1. The Morgan fingerprint density at radius 3 is 2.83 bits per heavy atom. The summed E-state index contributed by atoms with van der Waals surface area (Å²) in [6.07, 6.45) is 4.27. The smallest absolute Gasteiger partial charge is 0.274 e. The fraction of sp³-hybridized carbons (Fsp3) is 0.368. The minimum Gasteiger partial charge on any atom is -0.370 e. The summed E-state index contributed by atoms with van der Waals surface area (Å²) >= 11 is 6.09. The van der Waals surface area contributed by atoms with E-state index in [0.29, 0.717) is 22.3 Å². The third-order valence-corrected chi connectivity index (χ3v) is 4.84. The predicted octanol–water partition coefficient (Wildman–Crippen LogP) is 4.53. The van der Waals surface area contributed by atoms with E-state index >= 15 is 0 Å². The van der Waals surface area contributed by atoms with Crippen LogP contribution in [0.15, 0.2) is 36.5 Å². The number of amides is 1. The molecule has 1 aromatic heterocycles. The molecule has 0 saturated carbocycles. The zero-order valence-corrected chi connectivity index (χ0v) is 14.8. The molecule has 126 valence electrons. The second kappa shape index (κ2) is 7.22. The third-order valence-electron chi connectivity index (χ3n) is 4.43. The van der Waals surface area contributed by atoms with Crippen molar-refractivity contribution in [3.8, 4) is 0 Å². The molecule has 0 spiro atoms. The minimum atomic E-state index is -0.228. The van der Waals surface area contributed by atoms with E-state index in [9.17, 15) is 4.79 Å². The molecule has 4 nitrogen and oxygen atoms in total. The van der Waals surface area contributed by atoms with Crippen LogP contribution in [0.2, 0.25) is 5.02 Å². The van der Waals surface area contributed by atoms with Gasteiger partial charge >= 0.3 is 0 Å². The topological polar surface area (TPSA) is 45.2 Å². The second-order valence-corrected chi connectivity index (χ2v) is 6.92. The van der Waals surface area contributed by atoms with Crippen LogP contribution in [0.3, 0.4) is 0 Å². The van der Waals surface area contributed by atoms with Crippen molar-refractivity contribution in [2.24, 2.45) is 5.92 Å². The number of aromatic nitrogens is 1. The lowest BCUT2D eigenvalue weighted by Crippen LogP contribution is -2.34. The highest BCUT2D eigenvalue weighted by atomic mass is 35.5. The first-order valence-corrected chi connectivity index (χ1v) is 8.69. The molecule has 24 heavy (non-hydrogen) atoms. The fourth-order valence-corrected chi connectivity index (χ4v) is 3.18. The molecule has 1 unspecified atom stereocenters. The number of pyridine rings is 1. The summed E-state index contributed by atoms with van der Waals surface area (Å²) in [6.45, 7) is 6.30. The van der Waals surface area contributed by atoms with Crippen molar-refractivity contribution in [3.05, 3.63) is 52.8 Å². The van der Waals surface area contributed by atoms with Crippen LogP contribution >= 0.6 is 11.6 Å². The van der Waals surface area contributed by atoms with Gasteiger partial charge in [0.1, 0.15) is 5.69 Å². The normalized spacial score (nSPS) is 17.6. The van der Waals surface area contributed by atoms with Gasteiger partial charge in [-0.25, -0.2) is 4.98 Å². The Bertz CT molecular complexity index is 730. The Morgan fingerprint density at radius 2 is 2.17 bits per heavy atom. The van der Waals surface area contributed by atoms with Crippen molar-refractivity contribution >= 4 is 28.9 Å². The van der Waals surface area contributed by atoms with E-state index in [4.69, 9.17) is 11.6 Å². The van der Waals surface area contributed by atoms with Crippen molar-refractivity contribution in [1.82, 2.24) is 4.98 Å². The van der Waals surface area contributed by atoms with Crippen molar-refractivity contribution in [2.75, 3.05) is 23.3 Å². The summed E-state index contributed by atoms with van der Waals surface area (Å²) in [5.41, 5.74) is 3.14. The van der Waals surface area contributed by atoms with Crippen molar-refractivity contribution in [2.45, 2.75) is 26.7 Å². The van der Waals surface area contributed by atoms with Gasteiger partial charge in [-0.3, -0.25) is 4.79 Å². The van der Waals surface area contributed by atoms with E-state index in [2.05, 4.69) is 22.1 Å². The molecule has 5 heteroatoms. The number of hydrogen-bond acceptors (Lipinski definition) is 3. The summed E-state index contributed by atoms with van der Waals surface area (Å²) in [7, 11) is 0. The van der Waals surface area contributed by atoms with Crippen LogP contribution in [0.25, 0.3) is 0 Å². The number of anilines is 2. The lowest BCUT2D eigenvalue weighted by atomic mass is 10.00. The average Bonchev–Trinajstić information content (AvgIpc) is 2.58. The monoisotopic (exact) mass is 343 g/mol. The highest BCUT2D eigenvalue weighted by molar-refractivity contribution is 6.31. The SMILES string of the molecule is Cc1ccc(NC(=O)c2ccc(N3CCCC(C)C3)cn2)cc1Cl. The molecule has 0 aliphatic carbocycles. The quantitative estimate of drug-likeness (QED) is 0.890. The van der Waals surface area contributed by atoms with Gasteiger partial charge in [0, 0.05) is 23.8 Å². The van der Waals surface area contributed by atoms with Gasteiger partial charge in [0.25, 0.3) is 5.91 Å². The Morgan fingerprint density at radius 1 is 1.33 bits per heavy atom. The molecule has 2 heterocycles. The number of nitrogens with one attached hydrogen (secondary N) is 1. The lowest BCUT2D eigenvalue weighted by Gasteiger charge is -2.32. The van der Waals surface area contributed by atoms with Crippen molar-refractivity contribution < 1.29 is 4.79 Å². The van der Waals surface area contributed by atoms with Crippen LogP contribution in [-0.4, -0.2) is 24.0 Å². The van der Waals surface area contributed by atoms with Crippen LogP contribution in [0.1, 0.15) is 35.8 Å². The lowest BCUT2D eigenvalue weighted by molar-refractivity contribution is 0.102. The largest absolute Gasteiger partial charge is 0.370 e. The molecule has 1 saturated heterocycles. The average molecular weight is 344 g/mol. The van der Waals surface area contributed by atoms with Crippen LogP contribution in [0, 0.1) is 12.8 Å². The number of nitrogens with zero attached hydrogens (tertiary/aromatic N) is 2. The molecule has 1 aliphatic heterocycles. The predicted molar refractivity (Wildman–Crippen MR) is 99.0 cm³/mol. The summed E-state index contributed by atoms with van der Waals surface area (Å²) in [5, 5.41) is 3.47. The molecule has 1 aromatic carbocycles. The molecule has 1 amide bonds. The molecule has 0 radical (unpaired) electrons. The minimum absolute atomic E-state index is 0.228. The van der Waals surface area contributed by atoms with E-state index in [1.165, 1.54) is 12.8 Å². The van der Waals surface area contributed by atoms with Crippen LogP contribution < -0.4 is 10.2 Å². The number of carbonyl (C=O) groups is 1. The number of rotatable bonds is 3. The Kier molecular flexibility index (Phi) is 5.05. The van der Waals surface area contributed by atoms with Gasteiger partial charge in [-0.15, -0.1) is 0 Å².